The Labute approximate surface area is 132 Å². The zero-order chi connectivity index (χ0) is 16.0. The molecule has 1 aromatic carbocycles. The van der Waals surface area contributed by atoms with Gasteiger partial charge in [0.15, 0.2) is 0 Å². The van der Waals surface area contributed by atoms with Gasteiger partial charge in [0, 0.05) is 19.3 Å². The number of nitrogens with one attached hydrogen (secondary N) is 1. The molecular formula is C18H25NO3. The molecule has 0 aliphatic heterocycles. The van der Waals surface area contributed by atoms with E-state index in [0.29, 0.717) is 25.0 Å². The third kappa shape index (κ3) is 9.08. The van der Waals surface area contributed by atoms with Gasteiger partial charge in [0.25, 0.3) is 0 Å². The van der Waals surface area contributed by atoms with E-state index in [2.05, 4.69) is 0 Å². The minimum Gasteiger partial charge on any atom is -0.300 e. The van der Waals surface area contributed by atoms with Crippen molar-refractivity contribution in [2.75, 3.05) is 0 Å². The predicted octanol–water partition coefficient (Wildman–Crippen LogP) is 3.90. The Morgan fingerprint density at radius 2 is 1.64 bits per heavy atom. The standard InChI is InChI=1S/C18H25NO3/c20-17(13-6-1-2-7-15-18(21)19-22)14-9-8-12-16-10-4-3-5-11-16/h3-5,8,10-12,22H,1-2,6-7,9,13-15H2,(H,19,21)/b12-8+. The molecule has 4 heteroatoms. The fourth-order valence-corrected chi connectivity index (χ4v) is 2.17. The van der Waals surface area contributed by atoms with Crippen LogP contribution < -0.4 is 5.48 Å². The number of carbonyl (C=O) groups excluding carboxylic acids is 2. The van der Waals surface area contributed by atoms with Crippen LogP contribution in [0, 0.1) is 0 Å². The van der Waals surface area contributed by atoms with E-state index in [4.69, 9.17) is 5.21 Å². The maximum atomic E-state index is 11.7. The van der Waals surface area contributed by atoms with Crippen LogP contribution in [0.2, 0.25) is 0 Å². The molecule has 120 valence electrons. The van der Waals surface area contributed by atoms with Gasteiger partial charge < -0.3 is 0 Å². The first-order valence-electron chi connectivity index (χ1n) is 7.88. The Hall–Kier alpha value is -1.94. The van der Waals surface area contributed by atoms with E-state index in [1.54, 1.807) is 5.48 Å². The Kier molecular flexibility index (Phi) is 9.62. The number of benzene rings is 1. The van der Waals surface area contributed by atoms with Gasteiger partial charge in [-0.05, 0) is 24.8 Å². The molecule has 1 aromatic rings. The summed E-state index contributed by atoms with van der Waals surface area (Å²) in [7, 11) is 0. The van der Waals surface area contributed by atoms with E-state index >= 15 is 0 Å². The number of amides is 1. The molecule has 0 spiro atoms. The summed E-state index contributed by atoms with van der Waals surface area (Å²) in [5.74, 6) is -0.0490. The minimum absolute atomic E-state index is 0.297. The summed E-state index contributed by atoms with van der Waals surface area (Å²) < 4.78 is 0. The fourth-order valence-electron chi connectivity index (χ4n) is 2.17. The van der Waals surface area contributed by atoms with Crippen LogP contribution in [-0.2, 0) is 9.59 Å². The Morgan fingerprint density at radius 3 is 2.32 bits per heavy atom. The van der Waals surface area contributed by atoms with E-state index in [9.17, 15) is 9.59 Å². The van der Waals surface area contributed by atoms with Crippen molar-refractivity contribution in [1.29, 1.82) is 0 Å². The highest BCUT2D eigenvalue weighted by molar-refractivity contribution is 5.78. The number of hydrogen-bond donors (Lipinski definition) is 2. The molecule has 1 rings (SSSR count). The summed E-state index contributed by atoms with van der Waals surface area (Å²) in [6.45, 7) is 0. The van der Waals surface area contributed by atoms with Crippen molar-refractivity contribution in [1.82, 2.24) is 5.48 Å². The lowest BCUT2D eigenvalue weighted by molar-refractivity contribution is -0.129. The van der Waals surface area contributed by atoms with Crippen molar-refractivity contribution < 1.29 is 14.8 Å². The average Bonchev–Trinajstić information content (AvgIpc) is 2.55. The van der Waals surface area contributed by atoms with Crippen molar-refractivity contribution in [3.05, 3.63) is 42.0 Å². The number of rotatable bonds is 11. The molecule has 0 radical (unpaired) electrons. The predicted molar refractivity (Wildman–Crippen MR) is 87.3 cm³/mol. The van der Waals surface area contributed by atoms with Gasteiger partial charge in [0.05, 0.1) is 0 Å². The molecule has 0 saturated carbocycles. The molecule has 0 fully saturated rings. The highest BCUT2D eigenvalue weighted by Gasteiger charge is 2.02. The van der Waals surface area contributed by atoms with Crippen molar-refractivity contribution in [3.63, 3.8) is 0 Å². The third-order valence-corrected chi connectivity index (χ3v) is 3.43. The Morgan fingerprint density at radius 1 is 0.955 bits per heavy atom. The number of Topliss-reactive ketones (excluding diaryl/α,β-unsaturated/α-hetero) is 1. The Balaban J connectivity index is 2.00. The normalized spacial score (nSPS) is 10.8. The van der Waals surface area contributed by atoms with Crippen LogP contribution in [0.3, 0.4) is 0 Å². The lowest BCUT2D eigenvalue weighted by atomic mass is 10.1. The number of carbonyl (C=O) groups is 2. The van der Waals surface area contributed by atoms with E-state index < -0.39 is 0 Å². The maximum absolute atomic E-state index is 11.7. The summed E-state index contributed by atoms with van der Waals surface area (Å²) in [5.41, 5.74) is 2.77. The van der Waals surface area contributed by atoms with Crippen LogP contribution >= 0.6 is 0 Å². The molecule has 0 unspecified atom stereocenters. The average molecular weight is 303 g/mol. The molecule has 0 atom stereocenters. The van der Waals surface area contributed by atoms with Gasteiger partial charge in [-0.15, -0.1) is 0 Å². The largest absolute Gasteiger partial charge is 0.300 e. The number of allylic oxidation sites excluding steroid dienone is 1. The molecule has 0 bridgehead atoms. The first kappa shape index (κ1) is 18.1. The smallest absolute Gasteiger partial charge is 0.243 e. The number of unbranched alkanes of at least 4 members (excludes halogenated alkanes) is 3. The maximum Gasteiger partial charge on any atom is 0.243 e. The zero-order valence-corrected chi connectivity index (χ0v) is 13.0. The van der Waals surface area contributed by atoms with Crippen LogP contribution in [0.25, 0.3) is 6.08 Å². The van der Waals surface area contributed by atoms with Crippen molar-refractivity contribution in [3.8, 4) is 0 Å². The monoisotopic (exact) mass is 303 g/mol. The molecule has 1 amide bonds. The van der Waals surface area contributed by atoms with Crippen LogP contribution in [0.4, 0.5) is 0 Å². The molecular weight excluding hydrogens is 278 g/mol. The highest BCUT2D eigenvalue weighted by atomic mass is 16.5. The Bertz CT molecular complexity index is 468. The van der Waals surface area contributed by atoms with Crippen LogP contribution in [0.15, 0.2) is 36.4 Å². The molecule has 0 aromatic heterocycles. The quantitative estimate of drug-likeness (QED) is 0.370. The third-order valence-electron chi connectivity index (χ3n) is 3.43. The zero-order valence-electron chi connectivity index (χ0n) is 13.0. The van der Waals surface area contributed by atoms with Crippen LogP contribution in [0.1, 0.15) is 56.9 Å². The molecule has 0 aliphatic carbocycles. The molecule has 0 heterocycles. The second-order valence-electron chi connectivity index (χ2n) is 5.34. The highest BCUT2D eigenvalue weighted by Crippen LogP contribution is 2.09. The van der Waals surface area contributed by atoms with Gasteiger partial charge in [-0.2, -0.15) is 0 Å². The summed E-state index contributed by atoms with van der Waals surface area (Å²) in [6.07, 6.45) is 9.91. The second-order valence-corrected chi connectivity index (χ2v) is 5.34. The van der Waals surface area contributed by atoms with Gasteiger partial charge >= 0.3 is 0 Å². The van der Waals surface area contributed by atoms with Gasteiger partial charge in [-0.25, -0.2) is 5.48 Å². The summed E-state index contributed by atoms with van der Waals surface area (Å²) in [4.78, 5) is 22.5. The number of ketones is 1. The van der Waals surface area contributed by atoms with Crippen LogP contribution in [0.5, 0.6) is 0 Å². The molecule has 0 saturated heterocycles. The molecule has 4 nitrogen and oxygen atoms in total. The van der Waals surface area contributed by atoms with Gasteiger partial charge in [0.1, 0.15) is 5.78 Å². The van der Waals surface area contributed by atoms with Crippen molar-refractivity contribution in [2.45, 2.75) is 51.4 Å². The SMILES string of the molecule is O=C(CC/C=C/c1ccccc1)CCCCCCC(=O)NO. The van der Waals surface area contributed by atoms with E-state index in [1.165, 1.54) is 0 Å². The molecule has 22 heavy (non-hydrogen) atoms. The lowest BCUT2D eigenvalue weighted by Gasteiger charge is -2.01. The van der Waals surface area contributed by atoms with E-state index in [1.807, 2.05) is 42.5 Å². The molecule has 0 aliphatic rings. The first-order valence-corrected chi connectivity index (χ1v) is 7.88. The first-order chi connectivity index (χ1) is 10.7. The molecule has 2 N–H and O–H groups in total. The van der Waals surface area contributed by atoms with Gasteiger partial charge in [-0.3, -0.25) is 14.8 Å². The van der Waals surface area contributed by atoms with Crippen molar-refractivity contribution in [2.24, 2.45) is 0 Å². The van der Waals surface area contributed by atoms with Crippen molar-refractivity contribution >= 4 is 17.8 Å². The summed E-state index contributed by atoms with van der Waals surface area (Å²) in [6, 6.07) is 10.0. The minimum atomic E-state index is -0.346. The number of hydroxylamine groups is 1. The fraction of sp³-hybridized carbons (Fsp3) is 0.444. The summed E-state index contributed by atoms with van der Waals surface area (Å²) >= 11 is 0. The lowest BCUT2D eigenvalue weighted by Crippen LogP contribution is -2.17. The van der Waals surface area contributed by atoms with E-state index in [0.717, 1.165) is 37.7 Å². The topological polar surface area (TPSA) is 66.4 Å². The van der Waals surface area contributed by atoms with Gasteiger partial charge in [0.2, 0.25) is 5.91 Å². The number of hydrogen-bond acceptors (Lipinski definition) is 3. The second kappa shape index (κ2) is 11.7. The van der Waals surface area contributed by atoms with Gasteiger partial charge in [-0.1, -0.05) is 55.3 Å². The van der Waals surface area contributed by atoms with Crippen LogP contribution in [-0.4, -0.2) is 16.9 Å². The summed E-state index contributed by atoms with van der Waals surface area (Å²) in [5, 5.41) is 8.34. The van der Waals surface area contributed by atoms with E-state index in [-0.39, 0.29) is 5.91 Å².